The fourth-order valence-electron chi connectivity index (χ4n) is 4.98. The molecule has 4 heteroatoms. The summed E-state index contributed by atoms with van der Waals surface area (Å²) in [5.74, 6) is -0.423. The summed E-state index contributed by atoms with van der Waals surface area (Å²) >= 11 is 0. The van der Waals surface area contributed by atoms with Crippen LogP contribution in [0.2, 0.25) is 0 Å². The van der Waals surface area contributed by atoms with Gasteiger partial charge in [-0.15, -0.1) is 0 Å². The number of hydrogen-bond donors (Lipinski definition) is 1. The van der Waals surface area contributed by atoms with E-state index in [1.807, 2.05) is 61.8 Å². The van der Waals surface area contributed by atoms with Gasteiger partial charge in [0.05, 0.1) is 0 Å². The Kier molecular flexibility index (Phi) is 5.27. The molecule has 0 fully saturated rings. The molecular weight excluding hydrogens is 360 g/mol. The highest BCUT2D eigenvalue weighted by molar-refractivity contribution is 6.13. The van der Waals surface area contributed by atoms with Crippen molar-refractivity contribution in [3.05, 3.63) is 65.9 Å². The van der Waals surface area contributed by atoms with Crippen LogP contribution in [0.25, 0.3) is 10.9 Å². The molecule has 0 saturated heterocycles. The number of anilines is 1. The summed E-state index contributed by atoms with van der Waals surface area (Å²) in [6, 6.07) is 15.9. The monoisotopic (exact) mass is 388 g/mol. The smallest absolute Gasteiger partial charge is 0.242 e. The lowest BCUT2D eigenvalue weighted by Gasteiger charge is -2.34. The summed E-state index contributed by atoms with van der Waals surface area (Å²) in [4.78, 5) is 31.4. The molecule has 0 unspecified atom stereocenters. The lowest BCUT2D eigenvalue weighted by atomic mass is 9.65. The number of nitrogens with one attached hydrogen (secondary N) is 1. The van der Waals surface area contributed by atoms with Crippen LogP contribution >= 0.6 is 0 Å². The van der Waals surface area contributed by atoms with Gasteiger partial charge >= 0.3 is 0 Å². The van der Waals surface area contributed by atoms with Crippen LogP contribution in [0.5, 0.6) is 0 Å². The average Bonchev–Trinajstić information content (AvgIpc) is 3.28. The highest BCUT2D eigenvalue weighted by Gasteiger charge is 2.56. The number of benzene rings is 2. The van der Waals surface area contributed by atoms with Crippen molar-refractivity contribution in [3.63, 3.8) is 0 Å². The topological polar surface area (TPSA) is 53.2 Å². The van der Waals surface area contributed by atoms with Crippen LogP contribution in [0, 0.1) is 5.92 Å². The fourth-order valence-corrected chi connectivity index (χ4v) is 4.98. The number of amides is 1. The first-order valence-corrected chi connectivity index (χ1v) is 10.6. The Balaban J connectivity index is 1.93. The maximum absolute atomic E-state index is 13.9. The number of aromatic amines is 1. The standard InChI is InChI=1S/C25H28N2O2/c1-3-4-5-6-11-18(17-28)25(21-16-26-22-14-9-7-12-19(21)22)20-13-8-10-15-23(20)27(2)24(25)29/h7-10,12-18,26H,3-6,11H2,1-2H3/t18-,25-/m0/s1. The molecule has 1 N–H and O–H groups in total. The van der Waals surface area contributed by atoms with Crippen LogP contribution < -0.4 is 4.90 Å². The second-order valence-corrected chi connectivity index (χ2v) is 8.03. The maximum atomic E-state index is 13.9. The molecule has 0 bridgehead atoms. The number of unbranched alkanes of at least 4 members (excludes halogenated alkanes) is 3. The van der Waals surface area contributed by atoms with Gasteiger partial charge in [0.25, 0.3) is 0 Å². The summed E-state index contributed by atoms with van der Waals surface area (Å²) in [5.41, 5.74) is 2.73. The summed E-state index contributed by atoms with van der Waals surface area (Å²) in [7, 11) is 1.82. The third kappa shape index (κ3) is 2.89. The minimum absolute atomic E-state index is 0.0176. The van der Waals surface area contributed by atoms with E-state index >= 15 is 0 Å². The number of rotatable bonds is 8. The van der Waals surface area contributed by atoms with E-state index in [0.717, 1.165) is 59.7 Å². The number of likely N-dealkylation sites (N-methyl/N-ethyl adjacent to an activating group) is 1. The summed E-state index contributed by atoms with van der Waals surface area (Å²) in [6.07, 6.45) is 7.97. The van der Waals surface area contributed by atoms with Crippen LogP contribution in [-0.4, -0.2) is 24.2 Å². The largest absolute Gasteiger partial charge is 0.361 e. The second kappa shape index (κ2) is 7.86. The van der Waals surface area contributed by atoms with Crippen LogP contribution in [0.15, 0.2) is 54.7 Å². The van der Waals surface area contributed by atoms with Gasteiger partial charge in [0, 0.05) is 35.8 Å². The molecule has 1 aromatic heterocycles. The predicted octanol–water partition coefficient (Wildman–Crippen LogP) is 5.22. The molecule has 1 amide bonds. The molecule has 29 heavy (non-hydrogen) atoms. The first-order chi connectivity index (χ1) is 14.2. The molecule has 4 nitrogen and oxygen atoms in total. The molecular formula is C25H28N2O2. The van der Waals surface area contributed by atoms with E-state index in [1.54, 1.807) is 4.90 Å². The Morgan fingerprint density at radius 2 is 1.79 bits per heavy atom. The Labute approximate surface area is 171 Å². The van der Waals surface area contributed by atoms with Gasteiger partial charge in [-0.25, -0.2) is 0 Å². The Morgan fingerprint density at radius 1 is 1.03 bits per heavy atom. The molecule has 4 rings (SSSR count). The van der Waals surface area contributed by atoms with Crippen molar-refractivity contribution < 1.29 is 9.59 Å². The molecule has 2 aromatic carbocycles. The van der Waals surface area contributed by atoms with E-state index in [1.165, 1.54) is 0 Å². The van der Waals surface area contributed by atoms with Gasteiger partial charge in [0.1, 0.15) is 11.7 Å². The Bertz CT molecular complexity index is 1040. The maximum Gasteiger partial charge on any atom is 0.242 e. The van der Waals surface area contributed by atoms with Gasteiger partial charge in [0.15, 0.2) is 0 Å². The van der Waals surface area contributed by atoms with E-state index in [0.29, 0.717) is 6.42 Å². The van der Waals surface area contributed by atoms with Gasteiger partial charge in [-0.1, -0.05) is 69.0 Å². The van der Waals surface area contributed by atoms with Crippen molar-refractivity contribution in [2.45, 2.75) is 44.4 Å². The number of para-hydroxylation sites is 2. The van der Waals surface area contributed by atoms with Gasteiger partial charge in [-0.2, -0.15) is 0 Å². The van der Waals surface area contributed by atoms with Crippen molar-refractivity contribution in [2.75, 3.05) is 11.9 Å². The van der Waals surface area contributed by atoms with E-state index in [-0.39, 0.29) is 5.91 Å². The molecule has 0 aliphatic carbocycles. The van der Waals surface area contributed by atoms with Gasteiger partial charge in [-0.05, 0) is 29.7 Å². The summed E-state index contributed by atoms with van der Waals surface area (Å²) in [6.45, 7) is 2.18. The van der Waals surface area contributed by atoms with E-state index in [2.05, 4.69) is 11.9 Å². The Hall–Kier alpha value is -2.88. The molecule has 1 aliphatic rings. The van der Waals surface area contributed by atoms with E-state index < -0.39 is 11.3 Å². The normalized spacial score (nSPS) is 19.5. The average molecular weight is 389 g/mol. The van der Waals surface area contributed by atoms with Crippen molar-refractivity contribution in [1.82, 2.24) is 4.98 Å². The molecule has 3 aromatic rings. The van der Waals surface area contributed by atoms with Crippen LogP contribution in [0.4, 0.5) is 5.69 Å². The number of carbonyl (C=O) groups excluding carboxylic acids is 2. The zero-order valence-corrected chi connectivity index (χ0v) is 17.2. The van der Waals surface area contributed by atoms with Crippen molar-refractivity contribution >= 4 is 28.8 Å². The van der Waals surface area contributed by atoms with E-state index in [4.69, 9.17) is 0 Å². The highest BCUT2D eigenvalue weighted by Crippen LogP contribution is 2.52. The molecule has 2 atom stereocenters. The first-order valence-electron chi connectivity index (χ1n) is 10.6. The van der Waals surface area contributed by atoms with Crippen LogP contribution in [-0.2, 0) is 15.0 Å². The van der Waals surface area contributed by atoms with Gasteiger partial charge in [-0.3, -0.25) is 4.79 Å². The number of aldehydes is 1. The summed E-state index contributed by atoms with van der Waals surface area (Å²) < 4.78 is 0. The number of fused-ring (bicyclic) bond motifs is 2. The number of carbonyl (C=O) groups is 2. The molecule has 1 aliphatic heterocycles. The quantitative estimate of drug-likeness (QED) is 0.425. The van der Waals surface area contributed by atoms with Gasteiger partial charge in [0.2, 0.25) is 5.91 Å². The number of aromatic nitrogens is 1. The third-order valence-corrected chi connectivity index (χ3v) is 6.44. The molecule has 0 spiro atoms. The third-order valence-electron chi connectivity index (χ3n) is 6.44. The minimum Gasteiger partial charge on any atom is -0.361 e. The summed E-state index contributed by atoms with van der Waals surface area (Å²) in [5, 5.41) is 1.01. The van der Waals surface area contributed by atoms with Gasteiger partial charge < -0.3 is 14.7 Å². The van der Waals surface area contributed by atoms with Crippen LogP contribution in [0.1, 0.15) is 50.2 Å². The molecule has 150 valence electrons. The Morgan fingerprint density at radius 3 is 2.59 bits per heavy atom. The molecule has 0 saturated carbocycles. The van der Waals surface area contributed by atoms with Crippen LogP contribution in [0.3, 0.4) is 0 Å². The van der Waals surface area contributed by atoms with Crippen molar-refractivity contribution in [2.24, 2.45) is 5.92 Å². The zero-order valence-electron chi connectivity index (χ0n) is 17.2. The zero-order chi connectivity index (χ0) is 20.4. The lowest BCUT2D eigenvalue weighted by molar-refractivity contribution is -0.126. The molecule has 0 radical (unpaired) electrons. The van der Waals surface area contributed by atoms with E-state index in [9.17, 15) is 9.59 Å². The van der Waals surface area contributed by atoms with Crippen molar-refractivity contribution in [1.29, 1.82) is 0 Å². The lowest BCUT2D eigenvalue weighted by Crippen LogP contribution is -2.46. The number of H-pyrrole nitrogens is 1. The fraction of sp³-hybridized carbons (Fsp3) is 0.360. The SMILES string of the molecule is CCCCCC[C@@H](C=O)[C@]1(c2c[nH]c3ccccc23)C(=O)N(C)c2ccccc21. The minimum atomic E-state index is -0.987. The predicted molar refractivity (Wildman–Crippen MR) is 117 cm³/mol. The number of hydrogen-bond acceptors (Lipinski definition) is 2. The second-order valence-electron chi connectivity index (χ2n) is 8.03. The van der Waals surface area contributed by atoms with Crippen molar-refractivity contribution in [3.8, 4) is 0 Å². The highest BCUT2D eigenvalue weighted by atomic mass is 16.2. The number of nitrogens with zero attached hydrogens (tertiary/aromatic N) is 1. The first kappa shape index (κ1) is 19.4. The molecule has 2 heterocycles.